The highest BCUT2D eigenvalue weighted by Gasteiger charge is 2.24. The van der Waals surface area contributed by atoms with E-state index in [1.807, 2.05) is 0 Å². The van der Waals surface area contributed by atoms with Crippen molar-refractivity contribution in [3.8, 4) is 5.75 Å². The molecule has 0 fully saturated rings. The zero-order valence-electron chi connectivity index (χ0n) is 8.52. The lowest BCUT2D eigenvalue weighted by Crippen LogP contribution is -2.23. The number of nitrogens with zero attached hydrogens (tertiary/aromatic N) is 1. The lowest BCUT2D eigenvalue weighted by atomic mass is 10.3. The molecule has 0 aliphatic rings. The fourth-order valence-electron chi connectivity index (χ4n) is 1.03. The summed E-state index contributed by atoms with van der Waals surface area (Å²) in [6.07, 6.45) is -1.26. The second-order valence-electron chi connectivity index (χ2n) is 3.09. The zero-order chi connectivity index (χ0) is 13.2. The molecule has 0 amide bonds. The zero-order valence-corrected chi connectivity index (χ0v) is 10.0. The maximum Gasteiger partial charge on any atom is 0.344 e. The normalized spacial score (nSPS) is 11.9. The van der Waals surface area contributed by atoms with E-state index in [9.17, 15) is 14.9 Å². The monoisotopic (exact) mass is 279 g/mol. The van der Waals surface area contributed by atoms with Gasteiger partial charge >= 0.3 is 11.7 Å². The summed E-state index contributed by atoms with van der Waals surface area (Å²) < 4.78 is 4.92. The first-order valence-electron chi connectivity index (χ1n) is 4.36. The van der Waals surface area contributed by atoms with Gasteiger partial charge in [-0.1, -0.05) is 23.2 Å². The van der Waals surface area contributed by atoms with Gasteiger partial charge in [0, 0.05) is 11.1 Å². The van der Waals surface area contributed by atoms with E-state index in [1.54, 1.807) is 0 Å². The number of rotatable bonds is 4. The Morgan fingerprint density at radius 3 is 2.59 bits per heavy atom. The van der Waals surface area contributed by atoms with Crippen molar-refractivity contribution >= 4 is 34.9 Å². The summed E-state index contributed by atoms with van der Waals surface area (Å²) in [5, 5.41) is 19.3. The number of carboxylic acids is 1. The molecular weight excluding hydrogens is 273 g/mol. The minimum Gasteiger partial charge on any atom is -0.479 e. The van der Waals surface area contributed by atoms with E-state index >= 15 is 0 Å². The summed E-state index contributed by atoms with van der Waals surface area (Å²) in [4.78, 5) is 20.6. The van der Waals surface area contributed by atoms with Gasteiger partial charge in [0.1, 0.15) is 0 Å². The van der Waals surface area contributed by atoms with Crippen LogP contribution in [-0.2, 0) is 4.79 Å². The molecule has 1 aromatic carbocycles. The van der Waals surface area contributed by atoms with Crippen molar-refractivity contribution < 1.29 is 19.6 Å². The number of nitro groups is 1. The second-order valence-corrected chi connectivity index (χ2v) is 3.93. The number of benzene rings is 1. The molecule has 0 saturated heterocycles. The summed E-state index contributed by atoms with van der Waals surface area (Å²) in [5.74, 6) is -1.57. The predicted molar refractivity (Wildman–Crippen MR) is 60.8 cm³/mol. The second kappa shape index (κ2) is 5.20. The molecule has 1 N–H and O–H groups in total. The van der Waals surface area contributed by atoms with Gasteiger partial charge in [0.25, 0.3) is 0 Å². The fourth-order valence-corrected chi connectivity index (χ4v) is 1.55. The lowest BCUT2D eigenvalue weighted by Gasteiger charge is -2.12. The van der Waals surface area contributed by atoms with Crippen LogP contribution in [0.15, 0.2) is 12.1 Å². The third-order valence-electron chi connectivity index (χ3n) is 1.83. The third kappa shape index (κ3) is 3.21. The molecule has 6 nitrogen and oxygen atoms in total. The van der Waals surface area contributed by atoms with Gasteiger partial charge in [0.15, 0.2) is 6.10 Å². The molecule has 1 aromatic rings. The molecule has 8 heteroatoms. The van der Waals surface area contributed by atoms with E-state index < -0.39 is 22.7 Å². The van der Waals surface area contributed by atoms with E-state index in [1.165, 1.54) is 13.0 Å². The van der Waals surface area contributed by atoms with Crippen LogP contribution < -0.4 is 4.74 Å². The van der Waals surface area contributed by atoms with Crippen LogP contribution in [0.1, 0.15) is 6.92 Å². The van der Waals surface area contributed by atoms with Crippen LogP contribution in [-0.4, -0.2) is 22.1 Å². The van der Waals surface area contributed by atoms with E-state index in [2.05, 4.69) is 0 Å². The Balaban J connectivity index is 3.21. The average molecular weight is 280 g/mol. The first kappa shape index (κ1) is 13.5. The summed E-state index contributed by atoms with van der Waals surface area (Å²) in [6, 6.07) is 2.28. The largest absolute Gasteiger partial charge is 0.479 e. The molecule has 0 radical (unpaired) electrons. The van der Waals surface area contributed by atoms with Crippen LogP contribution in [0.25, 0.3) is 0 Å². The van der Waals surface area contributed by atoms with E-state index in [0.717, 1.165) is 6.07 Å². The SMILES string of the molecule is CC(Oc1c(Cl)cc(Cl)cc1[N+](=O)[O-])C(=O)O. The molecule has 0 aliphatic carbocycles. The van der Waals surface area contributed by atoms with Gasteiger partial charge in [0.2, 0.25) is 5.75 Å². The molecule has 1 rings (SSSR count). The van der Waals surface area contributed by atoms with Crippen molar-refractivity contribution in [2.75, 3.05) is 0 Å². The number of halogens is 2. The predicted octanol–water partition coefficient (Wildman–Crippen LogP) is 2.75. The van der Waals surface area contributed by atoms with Crippen molar-refractivity contribution in [1.29, 1.82) is 0 Å². The average Bonchev–Trinajstić information content (AvgIpc) is 2.20. The highest BCUT2D eigenvalue weighted by Crippen LogP contribution is 2.38. The Bertz CT molecular complexity index is 477. The van der Waals surface area contributed by atoms with Gasteiger partial charge in [-0.15, -0.1) is 0 Å². The molecule has 1 unspecified atom stereocenters. The molecule has 1 atom stereocenters. The van der Waals surface area contributed by atoms with Crippen molar-refractivity contribution in [3.63, 3.8) is 0 Å². The first-order chi connectivity index (χ1) is 7.82. The van der Waals surface area contributed by atoms with Gasteiger partial charge in [-0.05, 0) is 13.0 Å². The van der Waals surface area contributed by atoms with Crippen molar-refractivity contribution in [3.05, 3.63) is 32.3 Å². The Labute approximate surface area is 106 Å². The smallest absolute Gasteiger partial charge is 0.344 e. The van der Waals surface area contributed by atoms with Crippen LogP contribution in [0.5, 0.6) is 5.75 Å². The van der Waals surface area contributed by atoms with Gasteiger partial charge < -0.3 is 9.84 Å². The van der Waals surface area contributed by atoms with Crippen LogP contribution in [0.3, 0.4) is 0 Å². The maximum atomic E-state index is 10.7. The maximum absolute atomic E-state index is 10.7. The van der Waals surface area contributed by atoms with E-state index in [-0.39, 0.29) is 15.8 Å². The van der Waals surface area contributed by atoms with Gasteiger partial charge in [-0.25, -0.2) is 4.79 Å². The van der Waals surface area contributed by atoms with E-state index in [4.69, 9.17) is 33.0 Å². The standard InChI is InChI=1S/C9H7Cl2NO5/c1-4(9(13)14)17-8-6(11)2-5(10)3-7(8)12(15)16/h2-4H,1H3,(H,13,14). The molecule has 0 saturated carbocycles. The minimum atomic E-state index is -1.26. The van der Waals surface area contributed by atoms with Gasteiger partial charge in [-0.3, -0.25) is 10.1 Å². The van der Waals surface area contributed by atoms with Crippen LogP contribution in [0, 0.1) is 10.1 Å². The van der Waals surface area contributed by atoms with Gasteiger partial charge in [0.05, 0.1) is 9.95 Å². The number of ether oxygens (including phenoxy) is 1. The number of carboxylic acid groups (broad SMARTS) is 1. The molecule has 0 heterocycles. The molecule has 17 heavy (non-hydrogen) atoms. The number of aliphatic carboxylic acids is 1. The minimum absolute atomic E-state index is 0.0667. The molecule has 0 bridgehead atoms. The number of hydrogen-bond donors (Lipinski definition) is 1. The molecule has 92 valence electrons. The summed E-state index contributed by atoms with van der Waals surface area (Å²) >= 11 is 11.3. The van der Waals surface area contributed by atoms with Gasteiger partial charge in [-0.2, -0.15) is 0 Å². The Kier molecular flexibility index (Phi) is 4.14. The van der Waals surface area contributed by atoms with Crippen molar-refractivity contribution in [1.82, 2.24) is 0 Å². The Morgan fingerprint density at radius 1 is 1.53 bits per heavy atom. The number of carbonyl (C=O) groups is 1. The Morgan fingerprint density at radius 2 is 2.12 bits per heavy atom. The molecule has 0 aliphatic heterocycles. The summed E-state index contributed by atoms with van der Waals surface area (Å²) in [6.45, 7) is 1.23. The van der Waals surface area contributed by atoms with E-state index in [0.29, 0.717) is 0 Å². The van der Waals surface area contributed by atoms with Crippen molar-refractivity contribution in [2.45, 2.75) is 13.0 Å². The number of nitro benzene ring substituents is 1. The highest BCUT2D eigenvalue weighted by atomic mass is 35.5. The molecular formula is C9H7Cl2NO5. The Hall–Kier alpha value is -1.53. The summed E-state index contributed by atoms with van der Waals surface area (Å²) in [7, 11) is 0. The van der Waals surface area contributed by atoms with Crippen molar-refractivity contribution in [2.24, 2.45) is 0 Å². The molecule has 0 spiro atoms. The highest BCUT2D eigenvalue weighted by molar-refractivity contribution is 6.36. The van der Waals surface area contributed by atoms with Crippen LogP contribution >= 0.6 is 23.2 Å². The quantitative estimate of drug-likeness (QED) is 0.676. The third-order valence-corrected chi connectivity index (χ3v) is 2.33. The number of hydrogen-bond acceptors (Lipinski definition) is 4. The lowest BCUT2D eigenvalue weighted by molar-refractivity contribution is -0.386. The topological polar surface area (TPSA) is 89.7 Å². The summed E-state index contributed by atoms with van der Waals surface area (Å²) in [5.41, 5.74) is -0.476. The first-order valence-corrected chi connectivity index (χ1v) is 5.11. The fraction of sp³-hybridized carbons (Fsp3) is 0.222. The van der Waals surface area contributed by atoms with Crippen LogP contribution in [0.2, 0.25) is 10.0 Å². The van der Waals surface area contributed by atoms with Crippen LogP contribution in [0.4, 0.5) is 5.69 Å². The molecule has 0 aromatic heterocycles.